The maximum atomic E-state index is 11.8. The number of hydrogen-bond donors (Lipinski definition) is 1. The molecule has 5 heteroatoms. The Hall–Kier alpha value is -1.62. The third-order valence-electron chi connectivity index (χ3n) is 2.02. The van der Waals surface area contributed by atoms with Gasteiger partial charge < -0.3 is 10.1 Å². The average molecular weight is 312 g/mol. The third kappa shape index (κ3) is 4.71. The second-order valence-electron chi connectivity index (χ2n) is 3.54. The number of nitrogens with one attached hydrogen (secondary N) is 1. The van der Waals surface area contributed by atoms with Crippen molar-refractivity contribution in [1.82, 2.24) is 5.32 Å². The van der Waals surface area contributed by atoms with Gasteiger partial charge in [-0.25, -0.2) is 4.79 Å². The topological polar surface area (TPSA) is 55.4 Å². The van der Waals surface area contributed by atoms with Gasteiger partial charge in [0.1, 0.15) is 0 Å². The molecular weight excluding hydrogens is 298 g/mol. The van der Waals surface area contributed by atoms with Crippen LogP contribution in [0.2, 0.25) is 0 Å². The standard InChI is InChI=1S/C13H14BrNO3/c1-3-18-12(16)7-9(2)15-13(17)10-5-4-6-11(14)8-10/h4-8H,3H2,1-2H3,(H,15,17)/b9-7+. The highest BCUT2D eigenvalue weighted by molar-refractivity contribution is 9.10. The van der Waals surface area contributed by atoms with Crippen LogP contribution in [0.3, 0.4) is 0 Å². The van der Waals surface area contributed by atoms with Crippen LogP contribution in [0.15, 0.2) is 40.5 Å². The van der Waals surface area contributed by atoms with Crippen LogP contribution in [-0.2, 0) is 9.53 Å². The number of esters is 1. The molecule has 18 heavy (non-hydrogen) atoms. The Morgan fingerprint density at radius 2 is 2.17 bits per heavy atom. The first-order valence-electron chi connectivity index (χ1n) is 5.45. The van der Waals surface area contributed by atoms with Crippen LogP contribution in [0.1, 0.15) is 24.2 Å². The molecule has 96 valence electrons. The largest absolute Gasteiger partial charge is 0.463 e. The van der Waals surface area contributed by atoms with E-state index in [9.17, 15) is 9.59 Å². The van der Waals surface area contributed by atoms with E-state index >= 15 is 0 Å². The number of benzene rings is 1. The van der Waals surface area contributed by atoms with Crippen molar-refractivity contribution < 1.29 is 14.3 Å². The first kappa shape index (κ1) is 14.4. The van der Waals surface area contributed by atoms with Crippen molar-refractivity contribution in [3.63, 3.8) is 0 Å². The lowest BCUT2D eigenvalue weighted by Crippen LogP contribution is -2.22. The summed E-state index contributed by atoms with van der Waals surface area (Å²) >= 11 is 3.29. The molecule has 0 spiro atoms. The van der Waals surface area contributed by atoms with Gasteiger partial charge in [-0.3, -0.25) is 4.79 Å². The number of carbonyl (C=O) groups is 2. The fourth-order valence-corrected chi connectivity index (χ4v) is 1.68. The molecule has 1 amide bonds. The minimum Gasteiger partial charge on any atom is -0.463 e. The number of rotatable bonds is 4. The molecule has 0 radical (unpaired) electrons. The zero-order chi connectivity index (χ0) is 13.5. The minimum atomic E-state index is -0.468. The van der Waals surface area contributed by atoms with E-state index in [-0.39, 0.29) is 5.91 Å². The summed E-state index contributed by atoms with van der Waals surface area (Å²) in [5.41, 5.74) is 0.958. The highest BCUT2D eigenvalue weighted by Crippen LogP contribution is 2.11. The van der Waals surface area contributed by atoms with Crippen LogP contribution in [0, 0.1) is 0 Å². The van der Waals surface area contributed by atoms with Gasteiger partial charge in [0, 0.05) is 21.8 Å². The zero-order valence-corrected chi connectivity index (χ0v) is 11.8. The summed E-state index contributed by atoms with van der Waals surface area (Å²) in [5.74, 6) is -0.737. The number of amides is 1. The Balaban J connectivity index is 2.68. The Kier molecular flexibility index (Phi) is 5.58. The van der Waals surface area contributed by atoms with Crippen LogP contribution < -0.4 is 5.32 Å². The minimum absolute atomic E-state index is 0.269. The summed E-state index contributed by atoms with van der Waals surface area (Å²) in [6.45, 7) is 3.66. The molecule has 1 aromatic carbocycles. The molecule has 0 saturated carbocycles. The number of allylic oxidation sites excluding steroid dienone is 1. The van der Waals surface area contributed by atoms with Gasteiger partial charge >= 0.3 is 5.97 Å². The van der Waals surface area contributed by atoms with Gasteiger partial charge in [-0.2, -0.15) is 0 Å². The molecule has 0 aliphatic heterocycles. The summed E-state index contributed by atoms with van der Waals surface area (Å²) in [6, 6.07) is 6.99. The molecule has 0 unspecified atom stereocenters. The van der Waals surface area contributed by atoms with Gasteiger partial charge in [0.15, 0.2) is 0 Å². The normalized spacial score (nSPS) is 10.9. The fourth-order valence-electron chi connectivity index (χ4n) is 1.28. The highest BCUT2D eigenvalue weighted by Gasteiger charge is 2.07. The molecule has 0 aliphatic rings. The molecule has 0 saturated heterocycles. The Morgan fingerprint density at radius 1 is 1.44 bits per heavy atom. The predicted molar refractivity (Wildman–Crippen MR) is 72.0 cm³/mol. The van der Waals surface area contributed by atoms with Crippen LogP contribution in [-0.4, -0.2) is 18.5 Å². The highest BCUT2D eigenvalue weighted by atomic mass is 79.9. The quantitative estimate of drug-likeness (QED) is 0.687. The summed E-state index contributed by atoms with van der Waals surface area (Å²) in [6.07, 6.45) is 1.25. The molecule has 0 aliphatic carbocycles. The summed E-state index contributed by atoms with van der Waals surface area (Å²) in [7, 11) is 0. The van der Waals surface area contributed by atoms with E-state index in [1.807, 2.05) is 6.07 Å². The maximum absolute atomic E-state index is 11.8. The number of carbonyl (C=O) groups excluding carboxylic acids is 2. The molecule has 1 rings (SSSR count). The van der Waals surface area contributed by atoms with Crippen molar-refractivity contribution in [1.29, 1.82) is 0 Å². The SMILES string of the molecule is CCOC(=O)/C=C(\C)NC(=O)c1cccc(Br)c1. The van der Waals surface area contributed by atoms with Crippen LogP contribution in [0.4, 0.5) is 0 Å². The van der Waals surface area contributed by atoms with Gasteiger partial charge in [0.2, 0.25) is 0 Å². The lowest BCUT2D eigenvalue weighted by molar-refractivity contribution is -0.137. The van der Waals surface area contributed by atoms with E-state index in [1.54, 1.807) is 32.0 Å². The van der Waals surface area contributed by atoms with E-state index in [2.05, 4.69) is 21.2 Å². The average Bonchev–Trinajstić information content (AvgIpc) is 2.28. The first-order chi connectivity index (χ1) is 8.52. The lowest BCUT2D eigenvalue weighted by Gasteiger charge is -2.05. The number of hydrogen-bond acceptors (Lipinski definition) is 3. The van der Waals surface area contributed by atoms with Crippen molar-refractivity contribution >= 4 is 27.8 Å². The summed E-state index contributed by atoms with van der Waals surface area (Å²) in [4.78, 5) is 23.0. The van der Waals surface area contributed by atoms with Gasteiger partial charge in [0.25, 0.3) is 5.91 Å². The van der Waals surface area contributed by atoms with Crippen molar-refractivity contribution in [2.45, 2.75) is 13.8 Å². The lowest BCUT2D eigenvalue weighted by atomic mass is 10.2. The van der Waals surface area contributed by atoms with Crippen LogP contribution in [0.25, 0.3) is 0 Å². The van der Waals surface area contributed by atoms with Crippen molar-refractivity contribution in [3.05, 3.63) is 46.1 Å². The molecule has 0 atom stereocenters. The molecule has 4 nitrogen and oxygen atoms in total. The first-order valence-corrected chi connectivity index (χ1v) is 6.24. The molecule has 0 aromatic heterocycles. The molecule has 0 heterocycles. The monoisotopic (exact) mass is 311 g/mol. The summed E-state index contributed by atoms with van der Waals surface area (Å²) < 4.78 is 5.57. The van der Waals surface area contributed by atoms with Crippen molar-refractivity contribution in [3.8, 4) is 0 Å². The third-order valence-corrected chi connectivity index (χ3v) is 2.51. The van der Waals surface area contributed by atoms with Gasteiger partial charge in [-0.05, 0) is 32.0 Å². The van der Waals surface area contributed by atoms with E-state index in [4.69, 9.17) is 4.74 Å². The van der Waals surface area contributed by atoms with E-state index in [0.29, 0.717) is 17.9 Å². The van der Waals surface area contributed by atoms with Gasteiger partial charge in [-0.15, -0.1) is 0 Å². The van der Waals surface area contributed by atoms with Crippen molar-refractivity contribution in [2.75, 3.05) is 6.61 Å². The second kappa shape index (κ2) is 6.96. The Bertz CT molecular complexity index is 483. The van der Waals surface area contributed by atoms with E-state index < -0.39 is 5.97 Å². The van der Waals surface area contributed by atoms with Crippen LogP contribution >= 0.6 is 15.9 Å². The molecule has 1 N–H and O–H groups in total. The molecule has 1 aromatic rings. The summed E-state index contributed by atoms with van der Waals surface area (Å²) in [5, 5.41) is 2.61. The number of halogens is 1. The molecular formula is C13H14BrNO3. The number of ether oxygens (including phenoxy) is 1. The van der Waals surface area contributed by atoms with E-state index in [0.717, 1.165) is 4.47 Å². The predicted octanol–water partition coefficient (Wildman–Crippen LogP) is 2.65. The smallest absolute Gasteiger partial charge is 0.332 e. The Morgan fingerprint density at radius 3 is 2.78 bits per heavy atom. The van der Waals surface area contributed by atoms with Crippen LogP contribution in [0.5, 0.6) is 0 Å². The van der Waals surface area contributed by atoms with Gasteiger partial charge in [-0.1, -0.05) is 22.0 Å². The fraction of sp³-hybridized carbons (Fsp3) is 0.231. The maximum Gasteiger partial charge on any atom is 0.332 e. The van der Waals surface area contributed by atoms with E-state index in [1.165, 1.54) is 6.08 Å². The molecule has 0 bridgehead atoms. The Labute approximate surface area is 114 Å². The van der Waals surface area contributed by atoms with Crippen molar-refractivity contribution in [2.24, 2.45) is 0 Å². The second-order valence-corrected chi connectivity index (χ2v) is 4.46. The zero-order valence-electron chi connectivity index (χ0n) is 10.2. The molecule has 0 fully saturated rings. The van der Waals surface area contributed by atoms with Gasteiger partial charge in [0.05, 0.1) is 6.61 Å².